The highest BCUT2D eigenvalue weighted by Gasteiger charge is 2.21. The van der Waals surface area contributed by atoms with E-state index in [0.29, 0.717) is 0 Å². The summed E-state index contributed by atoms with van der Waals surface area (Å²) >= 11 is 0. The quantitative estimate of drug-likeness (QED) is 0.171. The maximum Gasteiger partial charge on any atom is 0.0561 e. The molecule has 0 atom stereocenters. The van der Waals surface area contributed by atoms with Crippen molar-refractivity contribution in [1.82, 2.24) is 4.57 Å². The van der Waals surface area contributed by atoms with Crippen molar-refractivity contribution in [3.05, 3.63) is 194 Å². The Kier molecular flexibility index (Phi) is 6.53. The van der Waals surface area contributed by atoms with Crippen LogP contribution in [0.3, 0.4) is 0 Å². The molecule has 0 aliphatic carbocycles. The zero-order valence-corrected chi connectivity index (χ0v) is 27.4. The highest BCUT2D eigenvalue weighted by molar-refractivity contribution is 6.24. The lowest BCUT2D eigenvalue weighted by Gasteiger charge is -2.28. The molecule has 1 aromatic heterocycles. The van der Waals surface area contributed by atoms with E-state index >= 15 is 0 Å². The first-order chi connectivity index (χ1) is 24.8. The van der Waals surface area contributed by atoms with E-state index in [4.69, 9.17) is 0 Å². The third kappa shape index (κ3) is 4.50. The van der Waals surface area contributed by atoms with Crippen molar-refractivity contribution in [2.24, 2.45) is 0 Å². The maximum atomic E-state index is 2.46. The molecule has 0 aliphatic heterocycles. The molecule has 10 aromatic rings. The predicted molar refractivity (Wildman–Crippen MR) is 213 cm³/mol. The summed E-state index contributed by atoms with van der Waals surface area (Å²) in [5.74, 6) is 0. The molecule has 50 heavy (non-hydrogen) atoms. The summed E-state index contributed by atoms with van der Waals surface area (Å²) in [6.45, 7) is 0. The van der Waals surface area contributed by atoms with Crippen LogP contribution in [0, 0.1) is 0 Å². The number of para-hydroxylation sites is 2. The van der Waals surface area contributed by atoms with Crippen LogP contribution in [-0.4, -0.2) is 4.57 Å². The fourth-order valence-corrected chi connectivity index (χ4v) is 7.85. The van der Waals surface area contributed by atoms with Gasteiger partial charge < -0.3 is 9.47 Å². The molecule has 0 aliphatic rings. The number of rotatable bonds is 5. The van der Waals surface area contributed by atoms with E-state index in [1.807, 2.05) is 0 Å². The van der Waals surface area contributed by atoms with Crippen LogP contribution in [0.2, 0.25) is 0 Å². The SMILES string of the molecule is c1ccc(-c2ccc(N(c3ccc4c5ccccc5n(-c5ccccc5)c4c3)c3cc4ccccc4c4ccc5ccccc5c34)cc2)cc1. The van der Waals surface area contributed by atoms with Gasteiger partial charge in [0.15, 0.2) is 0 Å². The third-order valence-electron chi connectivity index (χ3n) is 10.1. The van der Waals surface area contributed by atoms with Crippen molar-refractivity contribution in [1.29, 1.82) is 0 Å². The van der Waals surface area contributed by atoms with Crippen molar-refractivity contribution in [2.45, 2.75) is 0 Å². The van der Waals surface area contributed by atoms with E-state index in [1.165, 1.54) is 65.3 Å². The van der Waals surface area contributed by atoms with E-state index in [0.717, 1.165) is 22.7 Å². The van der Waals surface area contributed by atoms with Gasteiger partial charge in [0.1, 0.15) is 0 Å². The summed E-state index contributed by atoms with van der Waals surface area (Å²) in [5, 5.41) is 9.94. The van der Waals surface area contributed by atoms with Crippen LogP contribution < -0.4 is 4.90 Å². The lowest BCUT2D eigenvalue weighted by Crippen LogP contribution is -2.11. The molecule has 0 N–H and O–H groups in total. The fraction of sp³-hybridized carbons (Fsp3) is 0. The molecule has 0 unspecified atom stereocenters. The molecule has 0 spiro atoms. The van der Waals surface area contributed by atoms with Gasteiger partial charge in [-0.2, -0.15) is 0 Å². The molecular weight excluding hydrogens is 605 g/mol. The van der Waals surface area contributed by atoms with Crippen LogP contribution in [0.15, 0.2) is 194 Å². The molecule has 0 amide bonds. The number of hydrogen-bond acceptors (Lipinski definition) is 1. The Hall–Kier alpha value is -6.64. The van der Waals surface area contributed by atoms with Crippen LogP contribution in [-0.2, 0) is 0 Å². The van der Waals surface area contributed by atoms with Crippen molar-refractivity contribution in [3.8, 4) is 16.8 Å². The Morgan fingerprint density at radius 2 is 0.920 bits per heavy atom. The summed E-state index contributed by atoms with van der Waals surface area (Å²) in [6.07, 6.45) is 0. The first kappa shape index (κ1) is 28.4. The number of hydrogen-bond donors (Lipinski definition) is 0. The Labute approximate surface area is 290 Å². The lowest BCUT2D eigenvalue weighted by atomic mass is 9.94. The van der Waals surface area contributed by atoms with Crippen molar-refractivity contribution >= 4 is 71.2 Å². The summed E-state index contributed by atoms with van der Waals surface area (Å²) < 4.78 is 2.40. The Balaban J connectivity index is 1.30. The second-order valence-corrected chi connectivity index (χ2v) is 13.0. The number of aromatic nitrogens is 1. The van der Waals surface area contributed by atoms with E-state index in [9.17, 15) is 0 Å². The van der Waals surface area contributed by atoms with Crippen molar-refractivity contribution in [2.75, 3.05) is 4.90 Å². The van der Waals surface area contributed by atoms with Gasteiger partial charge in [0.2, 0.25) is 0 Å². The minimum absolute atomic E-state index is 1.11. The average molecular weight is 637 g/mol. The zero-order chi connectivity index (χ0) is 33.0. The topological polar surface area (TPSA) is 8.17 Å². The standard InChI is InChI=1S/C48H32N2/c1-3-13-33(14-4-1)34-23-26-38(27-24-34)49(47-31-36-16-8-9-19-40(36)44-29-25-35-15-7-10-20-41(35)48(44)47)39-28-30-43-42-21-11-12-22-45(42)50(46(43)32-39)37-17-5-2-6-18-37/h1-32H. The van der Waals surface area contributed by atoms with Gasteiger partial charge >= 0.3 is 0 Å². The molecular formula is C48H32N2. The van der Waals surface area contributed by atoms with Crippen LogP contribution in [0.4, 0.5) is 17.1 Å². The van der Waals surface area contributed by atoms with Gasteiger partial charge in [-0.1, -0.05) is 146 Å². The van der Waals surface area contributed by atoms with Gasteiger partial charge in [-0.25, -0.2) is 0 Å². The second-order valence-electron chi connectivity index (χ2n) is 13.0. The molecule has 0 radical (unpaired) electrons. The molecule has 0 fully saturated rings. The maximum absolute atomic E-state index is 2.46. The Morgan fingerprint density at radius 1 is 0.340 bits per heavy atom. The molecule has 10 rings (SSSR count). The van der Waals surface area contributed by atoms with E-state index < -0.39 is 0 Å². The number of fused-ring (bicyclic) bond motifs is 8. The molecule has 0 saturated carbocycles. The second kappa shape index (κ2) is 11.5. The first-order valence-corrected chi connectivity index (χ1v) is 17.2. The lowest BCUT2D eigenvalue weighted by molar-refractivity contribution is 1.18. The molecule has 2 nitrogen and oxygen atoms in total. The monoisotopic (exact) mass is 636 g/mol. The van der Waals surface area contributed by atoms with Crippen LogP contribution in [0.5, 0.6) is 0 Å². The van der Waals surface area contributed by atoms with E-state index in [-0.39, 0.29) is 0 Å². The highest BCUT2D eigenvalue weighted by atomic mass is 15.1. The van der Waals surface area contributed by atoms with Crippen LogP contribution in [0.25, 0.3) is 70.9 Å². The molecule has 1 heterocycles. The molecule has 234 valence electrons. The number of benzene rings is 9. The van der Waals surface area contributed by atoms with Crippen molar-refractivity contribution in [3.63, 3.8) is 0 Å². The van der Waals surface area contributed by atoms with Crippen LogP contribution >= 0.6 is 0 Å². The van der Waals surface area contributed by atoms with Gasteiger partial charge in [-0.05, 0) is 86.6 Å². The minimum Gasteiger partial charge on any atom is -0.310 e. The molecule has 0 bridgehead atoms. The Morgan fingerprint density at radius 3 is 1.72 bits per heavy atom. The van der Waals surface area contributed by atoms with Gasteiger partial charge in [0.05, 0.1) is 16.7 Å². The van der Waals surface area contributed by atoms with Crippen LogP contribution in [0.1, 0.15) is 0 Å². The zero-order valence-electron chi connectivity index (χ0n) is 27.4. The molecule has 2 heteroatoms. The summed E-state index contributed by atoms with van der Waals surface area (Å²) in [4.78, 5) is 2.46. The van der Waals surface area contributed by atoms with E-state index in [2.05, 4.69) is 204 Å². The fourth-order valence-electron chi connectivity index (χ4n) is 7.85. The third-order valence-corrected chi connectivity index (χ3v) is 10.1. The largest absolute Gasteiger partial charge is 0.310 e. The summed E-state index contributed by atoms with van der Waals surface area (Å²) in [7, 11) is 0. The molecule has 0 saturated heterocycles. The molecule has 9 aromatic carbocycles. The van der Waals surface area contributed by atoms with Gasteiger partial charge in [-0.3, -0.25) is 0 Å². The highest BCUT2D eigenvalue weighted by Crippen LogP contribution is 2.46. The summed E-state index contributed by atoms with van der Waals surface area (Å²) in [5.41, 5.74) is 9.30. The first-order valence-electron chi connectivity index (χ1n) is 17.2. The van der Waals surface area contributed by atoms with Gasteiger partial charge in [-0.15, -0.1) is 0 Å². The predicted octanol–water partition coefficient (Wildman–Crippen LogP) is 13.4. The summed E-state index contributed by atoms with van der Waals surface area (Å²) in [6, 6.07) is 70.6. The van der Waals surface area contributed by atoms with E-state index in [1.54, 1.807) is 0 Å². The minimum atomic E-state index is 1.11. The van der Waals surface area contributed by atoms with Gasteiger partial charge in [0, 0.05) is 33.2 Å². The Bertz CT molecular complexity index is 2850. The van der Waals surface area contributed by atoms with Crippen molar-refractivity contribution < 1.29 is 0 Å². The normalized spacial score (nSPS) is 11.6. The number of anilines is 3. The number of nitrogens with zero attached hydrogens (tertiary/aromatic N) is 2. The smallest absolute Gasteiger partial charge is 0.0561 e. The average Bonchev–Trinajstić information content (AvgIpc) is 3.52. The van der Waals surface area contributed by atoms with Gasteiger partial charge in [0.25, 0.3) is 0 Å².